The van der Waals surface area contributed by atoms with Crippen molar-refractivity contribution >= 4 is 11.7 Å². The van der Waals surface area contributed by atoms with Gasteiger partial charge in [-0.25, -0.2) is 4.68 Å². The van der Waals surface area contributed by atoms with Gasteiger partial charge in [-0.05, 0) is 37.7 Å². The maximum Gasteiger partial charge on any atom is 0.266 e. The van der Waals surface area contributed by atoms with Gasteiger partial charge in [-0.3, -0.25) is 9.59 Å². The maximum atomic E-state index is 12.8. The van der Waals surface area contributed by atoms with E-state index in [-0.39, 0.29) is 17.7 Å². The van der Waals surface area contributed by atoms with Gasteiger partial charge in [-0.1, -0.05) is 0 Å². The van der Waals surface area contributed by atoms with Gasteiger partial charge in [0.05, 0.1) is 0 Å². The first-order valence-corrected chi connectivity index (χ1v) is 9.47. The molecule has 1 aromatic rings. The molecule has 5 rings (SSSR count). The number of hydrogen-bond donors (Lipinski definition) is 0. The second kappa shape index (κ2) is 5.56. The van der Waals surface area contributed by atoms with E-state index in [4.69, 9.17) is 4.74 Å². The SMILES string of the molecule is O=C1N2CCCC2OC12CCN(c1ccc(=O)n(CC3CC3)n1)CC2. The summed E-state index contributed by atoms with van der Waals surface area (Å²) in [5.74, 6) is 1.63. The number of fused-ring (bicyclic) bond motifs is 1. The predicted molar refractivity (Wildman–Crippen MR) is 91.2 cm³/mol. The summed E-state index contributed by atoms with van der Waals surface area (Å²) in [7, 11) is 0. The molecule has 3 aliphatic heterocycles. The Balaban J connectivity index is 1.30. The third-order valence-corrected chi connectivity index (χ3v) is 6.09. The summed E-state index contributed by atoms with van der Waals surface area (Å²) in [5.41, 5.74) is -0.650. The van der Waals surface area contributed by atoms with E-state index < -0.39 is 5.60 Å². The maximum absolute atomic E-state index is 12.8. The highest BCUT2D eigenvalue weighted by molar-refractivity contribution is 5.87. The number of rotatable bonds is 3. The molecule has 25 heavy (non-hydrogen) atoms. The molecule has 1 unspecified atom stereocenters. The van der Waals surface area contributed by atoms with Crippen LogP contribution in [0.25, 0.3) is 0 Å². The zero-order valence-corrected chi connectivity index (χ0v) is 14.4. The molecular weight excluding hydrogens is 320 g/mol. The van der Waals surface area contributed by atoms with Gasteiger partial charge in [0, 0.05) is 45.1 Å². The number of amides is 1. The summed E-state index contributed by atoms with van der Waals surface area (Å²) in [6.45, 7) is 3.03. The quantitative estimate of drug-likeness (QED) is 0.817. The fraction of sp³-hybridized carbons (Fsp3) is 0.722. The van der Waals surface area contributed by atoms with E-state index in [1.807, 2.05) is 4.90 Å². The van der Waals surface area contributed by atoms with Crippen LogP contribution in [0.15, 0.2) is 16.9 Å². The first kappa shape index (κ1) is 15.4. The Morgan fingerprint density at radius 3 is 2.64 bits per heavy atom. The Hall–Kier alpha value is -1.89. The smallest absolute Gasteiger partial charge is 0.266 e. The number of ether oxygens (including phenoxy) is 1. The van der Waals surface area contributed by atoms with E-state index in [2.05, 4.69) is 10.00 Å². The molecule has 7 heteroatoms. The molecule has 1 spiro atoms. The summed E-state index contributed by atoms with van der Waals surface area (Å²) in [4.78, 5) is 28.8. The minimum Gasteiger partial charge on any atom is -0.355 e. The summed E-state index contributed by atoms with van der Waals surface area (Å²) < 4.78 is 7.79. The molecule has 4 heterocycles. The number of hydrogen-bond acceptors (Lipinski definition) is 5. The van der Waals surface area contributed by atoms with E-state index >= 15 is 0 Å². The monoisotopic (exact) mass is 344 g/mol. The largest absolute Gasteiger partial charge is 0.355 e. The van der Waals surface area contributed by atoms with Crippen LogP contribution in [-0.4, -0.2) is 52.1 Å². The van der Waals surface area contributed by atoms with E-state index in [9.17, 15) is 9.59 Å². The van der Waals surface area contributed by atoms with Crippen molar-refractivity contribution in [3.63, 3.8) is 0 Å². The fourth-order valence-electron chi connectivity index (χ4n) is 4.37. The van der Waals surface area contributed by atoms with Gasteiger partial charge in [-0.2, -0.15) is 5.10 Å². The molecule has 0 bridgehead atoms. The van der Waals surface area contributed by atoms with Crippen molar-refractivity contribution in [1.82, 2.24) is 14.7 Å². The lowest BCUT2D eigenvalue weighted by Gasteiger charge is -2.37. The van der Waals surface area contributed by atoms with Gasteiger partial charge < -0.3 is 14.5 Å². The van der Waals surface area contributed by atoms with Crippen molar-refractivity contribution in [2.45, 2.75) is 56.9 Å². The average Bonchev–Trinajstić information content (AvgIpc) is 3.26. The highest BCUT2D eigenvalue weighted by Crippen LogP contribution is 2.40. The Kier molecular flexibility index (Phi) is 3.42. The number of carbonyl (C=O) groups excluding carboxylic acids is 1. The molecule has 1 atom stereocenters. The van der Waals surface area contributed by atoms with Gasteiger partial charge in [0.15, 0.2) is 5.60 Å². The second-order valence-corrected chi connectivity index (χ2v) is 7.85. The van der Waals surface area contributed by atoms with Crippen molar-refractivity contribution < 1.29 is 9.53 Å². The summed E-state index contributed by atoms with van der Waals surface area (Å²) in [6, 6.07) is 3.42. The lowest BCUT2D eigenvalue weighted by Crippen LogP contribution is -2.50. The number of carbonyl (C=O) groups is 1. The van der Waals surface area contributed by atoms with E-state index in [1.165, 1.54) is 12.8 Å². The average molecular weight is 344 g/mol. The van der Waals surface area contributed by atoms with E-state index in [0.717, 1.165) is 44.8 Å². The molecule has 7 nitrogen and oxygen atoms in total. The number of aromatic nitrogens is 2. The standard InChI is InChI=1S/C18H24N4O3/c23-15-6-5-14(19-22(15)12-13-3-4-13)20-10-7-18(8-11-20)17(24)21-9-1-2-16(21)25-18/h5-6,13,16H,1-4,7-12H2. The molecule has 3 saturated heterocycles. The highest BCUT2D eigenvalue weighted by atomic mass is 16.6. The molecule has 1 saturated carbocycles. The van der Waals surface area contributed by atoms with Crippen LogP contribution in [0.3, 0.4) is 0 Å². The number of nitrogens with zero attached hydrogens (tertiary/aromatic N) is 4. The van der Waals surface area contributed by atoms with Gasteiger partial charge in [0.2, 0.25) is 0 Å². The van der Waals surface area contributed by atoms with Gasteiger partial charge in [-0.15, -0.1) is 0 Å². The van der Waals surface area contributed by atoms with Crippen LogP contribution in [0.4, 0.5) is 5.82 Å². The minimum atomic E-state index is -0.621. The van der Waals surface area contributed by atoms with Gasteiger partial charge in [0.1, 0.15) is 12.0 Å². The van der Waals surface area contributed by atoms with Crippen LogP contribution < -0.4 is 10.5 Å². The Bertz CT molecular complexity index is 749. The molecule has 0 aromatic carbocycles. The normalized spacial score (nSPS) is 28.0. The summed E-state index contributed by atoms with van der Waals surface area (Å²) in [5, 5.41) is 4.56. The molecule has 0 N–H and O–H groups in total. The molecule has 134 valence electrons. The van der Waals surface area contributed by atoms with Crippen LogP contribution in [0, 0.1) is 5.92 Å². The molecule has 1 aromatic heterocycles. The molecule has 1 amide bonds. The third-order valence-electron chi connectivity index (χ3n) is 6.09. The minimum absolute atomic E-state index is 0.00220. The predicted octanol–water partition coefficient (Wildman–Crippen LogP) is 0.971. The van der Waals surface area contributed by atoms with Crippen LogP contribution in [0.1, 0.15) is 38.5 Å². The van der Waals surface area contributed by atoms with E-state index in [0.29, 0.717) is 18.8 Å². The van der Waals surface area contributed by atoms with Gasteiger partial charge in [0.25, 0.3) is 11.5 Å². The number of anilines is 1. The molecule has 4 aliphatic rings. The first-order valence-electron chi connectivity index (χ1n) is 9.47. The Labute approximate surface area is 146 Å². The third kappa shape index (κ3) is 2.56. The molecule has 1 aliphatic carbocycles. The fourth-order valence-corrected chi connectivity index (χ4v) is 4.37. The van der Waals surface area contributed by atoms with Gasteiger partial charge >= 0.3 is 0 Å². The molecule has 0 radical (unpaired) electrons. The number of piperidine rings is 1. The second-order valence-electron chi connectivity index (χ2n) is 7.85. The van der Waals surface area contributed by atoms with E-state index in [1.54, 1.807) is 16.8 Å². The van der Waals surface area contributed by atoms with Crippen LogP contribution in [0.5, 0.6) is 0 Å². The molecule has 4 fully saturated rings. The highest BCUT2D eigenvalue weighted by Gasteiger charge is 2.55. The van der Waals surface area contributed by atoms with Crippen LogP contribution >= 0.6 is 0 Å². The van der Waals surface area contributed by atoms with Crippen molar-refractivity contribution in [2.24, 2.45) is 5.92 Å². The zero-order chi connectivity index (χ0) is 17.0. The first-order chi connectivity index (χ1) is 12.1. The van der Waals surface area contributed by atoms with Crippen molar-refractivity contribution in [1.29, 1.82) is 0 Å². The van der Waals surface area contributed by atoms with Crippen molar-refractivity contribution in [3.8, 4) is 0 Å². The summed E-state index contributed by atoms with van der Waals surface area (Å²) >= 11 is 0. The summed E-state index contributed by atoms with van der Waals surface area (Å²) in [6.07, 6.45) is 5.79. The topological polar surface area (TPSA) is 67.7 Å². The van der Waals surface area contributed by atoms with Crippen molar-refractivity contribution in [3.05, 3.63) is 22.5 Å². The van der Waals surface area contributed by atoms with Crippen LogP contribution in [0.2, 0.25) is 0 Å². The lowest BCUT2D eigenvalue weighted by molar-refractivity contribution is -0.139. The Morgan fingerprint density at radius 1 is 1.12 bits per heavy atom. The molecular formula is C18H24N4O3. The Morgan fingerprint density at radius 2 is 1.92 bits per heavy atom. The van der Waals surface area contributed by atoms with Crippen LogP contribution in [-0.2, 0) is 16.1 Å². The van der Waals surface area contributed by atoms with Crippen molar-refractivity contribution in [2.75, 3.05) is 24.5 Å². The zero-order valence-electron chi connectivity index (χ0n) is 14.4. The lowest BCUT2D eigenvalue weighted by atomic mass is 9.90.